The molecule has 4 N–H and O–H groups in total. The van der Waals surface area contributed by atoms with E-state index in [-0.39, 0.29) is 10.9 Å². The molecule has 0 saturated heterocycles. The van der Waals surface area contributed by atoms with Gasteiger partial charge in [-0.3, -0.25) is 0 Å². The highest BCUT2D eigenvalue weighted by Gasteiger charge is 2.08. The quantitative estimate of drug-likeness (QED) is 0.346. The third-order valence-corrected chi connectivity index (χ3v) is 3.52. The van der Waals surface area contributed by atoms with Crippen LogP contribution in [0.15, 0.2) is 41.6 Å². The normalized spacial score (nSPS) is 11.5. The van der Waals surface area contributed by atoms with Gasteiger partial charge in [0.15, 0.2) is 11.7 Å². The van der Waals surface area contributed by atoms with Gasteiger partial charge in [-0.15, -0.1) is 0 Å². The number of nitrogens with zero attached hydrogens (tertiary/aromatic N) is 1. The van der Waals surface area contributed by atoms with Crippen molar-refractivity contribution < 1.29 is 9.60 Å². The van der Waals surface area contributed by atoms with Crippen molar-refractivity contribution in [1.82, 2.24) is 0 Å². The molecule has 0 fully saturated rings. The fourth-order valence-corrected chi connectivity index (χ4v) is 2.16. The van der Waals surface area contributed by atoms with Crippen LogP contribution in [0.25, 0.3) is 0 Å². The molecular formula is C14H12Cl2FN3O. The molecule has 0 aliphatic heterocycles. The van der Waals surface area contributed by atoms with Crippen molar-refractivity contribution >= 4 is 34.7 Å². The summed E-state index contributed by atoms with van der Waals surface area (Å²) in [6.45, 7) is 0.312. The second kappa shape index (κ2) is 6.65. The number of hydrogen-bond acceptors (Lipinski definition) is 3. The second-order valence-electron chi connectivity index (χ2n) is 4.25. The Balaban J connectivity index is 2.15. The fraction of sp³-hybridized carbons (Fsp3) is 0.0714. The zero-order valence-corrected chi connectivity index (χ0v) is 12.3. The number of oxime groups is 1. The number of hydrogen-bond donors (Lipinski definition) is 3. The maximum absolute atomic E-state index is 13.7. The van der Waals surface area contributed by atoms with Crippen molar-refractivity contribution in [3.8, 4) is 0 Å². The summed E-state index contributed by atoms with van der Waals surface area (Å²) in [5.41, 5.74) is 7.01. The molecule has 0 radical (unpaired) electrons. The number of nitrogens with one attached hydrogen (secondary N) is 1. The summed E-state index contributed by atoms with van der Waals surface area (Å²) < 4.78 is 13.7. The summed E-state index contributed by atoms with van der Waals surface area (Å²) in [6.07, 6.45) is 0. The number of benzene rings is 2. The van der Waals surface area contributed by atoms with Gasteiger partial charge in [-0.1, -0.05) is 46.6 Å². The van der Waals surface area contributed by atoms with Crippen molar-refractivity contribution in [2.75, 3.05) is 5.32 Å². The maximum atomic E-state index is 13.7. The molecule has 0 aromatic heterocycles. The molecule has 21 heavy (non-hydrogen) atoms. The zero-order chi connectivity index (χ0) is 15.4. The summed E-state index contributed by atoms with van der Waals surface area (Å²) in [7, 11) is 0. The smallest absolute Gasteiger partial charge is 0.170 e. The van der Waals surface area contributed by atoms with Crippen LogP contribution in [0, 0.1) is 5.82 Å². The summed E-state index contributed by atoms with van der Waals surface area (Å²) in [4.78, 5) is 0. The molecule has 0 heterocycles. The number of rotatable bonds is 4. The van der Waals surface area contributed by atoms with E-state index in [0.717, 1.165) is 5.56 Å². The molecule has 4 nitrogen and oxygen atoms in total. The van der Waals surface area contributed by atoms with Gasteiger partial charge in [0, 0.05) is 17.1 Å². The van der Waals surface area contributed by atoms with Crippen molar-refractivity contribution in [3.05, 3.63) is 63.4 Å². The van der Waals surface area contributed by atoms with Crippen molar-refractivity contribution in [1.29, 1.82) is 0 Å². The monoisotopic (exact) mass is 327 g/mol. The Kier molecular flexibility index (Phi) is 4.88. The van der Waals surface area contributed by atoms with Gasteiger partial charge in [0.2, 0.25) is 0 Å². The lowest BCUT2D eigenvalue weighted by molar-refractivity contribution is 0.318. The summed E-state index contributed by atoms with van der Waals surface area (Å²) in [5.74, 6) is -0.541. The minimum Gasteiger partial charge on any atom is -0.409 e. The molecule has 0 spiro atoms. The standard InChI is InChI=1S/C14H12Cl2FN3O/c15-10-2-1-3-12(13(10)17)19-7-9-5-4-8(6-11(9)16)14(18)20-21/h1-6,19,21H,7H2,(H2,18,20). The first-order valence-electron chi connectivity index (χ1n) is 5.97. The molecule has 7 heteroatoms. The largest absolute Gasteiger partial charge is 0.409 e. The average molecular weight is 328 g/mol. The van der Waals surface area contributed by atoms with Crippen molar-refractivity contribution in [3.63, 3.8) is 0 Å². The third-order valence-electron chi connectivity index (χ3n) is 2.88. The minimum atomic E-state index is -0.511. The Labute approximate surface area is 131 Å². The minimum absolute atomic E-state index is 0.0303. The predicted octanol–water partition coefficient (Wildman–Crippen LogP) is 3.84. The molecule has 2 aromatic carbocycles. The van der Waals surface area contributed by atoms with Crippen molar-refractivity contribution in [2.24, 2.45) is 10.9 Å². The molecule has 0 saturated carbocycles. The van der Waals surface area contributed by atoms with E-state index < -0.39 is 5.82 Å². The highest BCUT2D eigenvalue weighted by Crippen LogP contribution is 2.24. The maximum Gasteiger partial charge on any atom is 0.170 e. The molecule has 0 unspecified atom stereocenters. The van der Waals surface area contributed by atoms with Gasteiger partial charge < -0.3 is 16.3 Å². The lowest BCUT2D eigenvalue weighted by atomic mass is 10.1. The van der Waals surface area contributed by atoms with E-state index in [1.165, 1.54) is 6.07 Å². The first-order valence-corrected chi connectivity index (χ1v) is 6.72. The average Bonchev–Trinajstić information content (AvgIpc) is 2.49. The van der Waals surface area contributed by atoms with Crippen LogP contribution in [0.1, 0.15) is 11.1 Å². The Morgan fingerprint density at radius 3 is 2.67 bits per heavy atom. The van der Waals surface area contributed by atoms with Gasteiger partial charge in [-0.05, 0) is 23.8 Å². The van der Waals surface area contributed by atoms with Crippen LogP contribution in [0.5, 0.6) is 0 Å². The van der Waals surface area contributed by atoms with E-state index in [9.17, 15) is 4.39 Å². The van der Waals surface area contributed by atoms with Crippen LogP contribution in [0.4, 0.5) is 10.1 Å². The number of anilines is 1. The van der Waals surface area contributed by atoms with Crippen LogP contribution in [0.2, 0.25) is 10.0 Å². The van der Waals surface area contributed by atoms with Gasteiger partial charge in [0.1, 0.15) is 0 Å². The van der Waals surface area contributed by atoms with Gasteiger partial charge in [-0.2, -0.15) is 0 Å². The molecule has 0 aliphatic carbocycles. The third kappa shape index (κ3) is 3.56. The molecule has 0 amide bonds. The molecule has 2 aromatic rings. The summed E-state index contributed by atoms with van der Waals surface area (Å²) in [5, 5.41) is 14.9. The van der Waals surface area contributed by atoms with Crippen LogP contribution in [0.3, 0.4) is 0 Å². The lowest BCUT2D eigenvalue weighted by Crippen LogP contribution is -2.13. The number of halogens is 3. The summed E-state index contributed by atoms with van der Waals surface area (Å²) >= 11 is 11.8. The van der Waals surface area contributed by atoms with E-state index in [1.54, 1.807) is 30.3 Å². The highest BCUT2D eigenvalue weighted by molar-refractivity contribution is 6.32. The Bertz CT molecular complexity index is 692. The van der Waals surface area contributed by atoms with Crippen LogP contribution in [-0.2, 0) is 6.54 Å². The van der Waals surface area contributed by atoms with Crippen LogP contribution < -0.4 is 11.1 Å². The Morgan fingerprint density at radius 2 is 2.00 bits per heavy atom. The molecular weight excluding hydrogens is 316 g/mol. The van der Waals surface area contributed by atoms with E-state index in [0.29, 0.717) is 22.8 Å². The van der Waals surface area contributed by atoms with E-state index >= 15 is 0 Å². The van der Waals surface area contributed by atoms with Gasteiger partial charge in [-0.25, -0.2) is 4.39 Å². The SMILES string of the molecule is N/C(=N/O)c1ccc(CNc2cccc(Cl)c2F)c(Cl)c1. The molecule has 110 valence electrons. The Hall–Kier alpha value is -1.98. The fourth-order valence-electron chi connectivity index (χ4n) is 1.74. The summed E-state index contributed by atoms with van der Waals surface area (Å²) in [6, 6.07) is 9.65. The van der Waals surface area contributed by atoms with Crippen molar-refractivity contribution in [2.45, 2.75) is 6.54 Å². The highest BCUT2D eigenvalue weighted by atomic mass is 35.5. The van der Waals surface area contributed by atoms with Gasteiger partial charge in [0.05, 0.1) is 10.7 Å². The first-order chi connectivity index (χ1) is 10.0. The second-order valence-corrected chi connectivity index (χ2v) is 5.06. The molecule has 0 atom stereocenters. The van der Waals surface area contributed by atoms with Crippen LogP contribution in [-0.4, -0.2) is 11.0 Å². The Morgan fingerprint density at radius 1 is 1.24 bits per heavy atom. The number of nitrogens with two attached hydrogens (primary N) is 1. The van der Waals surface area contributed by atoms with Gasteiger partial charge >= 0.3 is 0 Å². The molecule has 0 bridgehead atoms. The van der Waals surface area contributed by atoms with E-state index in [1.807, 2.05) is 0 Å². The number of amidine groups is 1. The molecule has 0 aliphatic rings. The topological polar surface area (TPSA) is 70.6 Å². The lowest BCUT2D eigenvalue weighted by Gasteiger charge is -2.10. The van der Waals surface area contributed by atoms with E-state index in [2.05, 4.69) is 10.5 Å². The molecule has 2 rings (SSSR count). The zero-order valence-electron chi connectivity index (χ0n) is 10.8. The van der Waals surface area contributed by atoms with E-state index in [4.69, 9.17) is 34.1 Å². The van der Waals surface area contributed by atoms with Gasteiger partial charge in [0.25, 0.3) is 0 Å². The predicted molar refractivity (Wildman–Crippen MR) is 82.7 cm³/mol. The first kappa shape index (κ1) is 15.4. The van der Waals surface area contributed by atoms with Crippen LogP contribution >= 0.6 is 23.2 Å².